The Kier molecular flexibility index (Phi) is 36.2. The van der Waals surface area contributed by atoms with Gasteiger partial charge in [0.25, 0.3) is 0 Å². The molecule has 0 aromatic heterocycles. The second kappa shape index (κ2) is 36.1. The number of rotatable bonds is 34. The molecule has 0 saturated heterocycles. The Morgan fingerprint density at radius 2 is 0.541 bits per heavy atom. The molecular weight excluding hydrogens is 488 g/mol. The summed E-state index contributed by atoms with van der Waals surface area (Å²) in [4.78, 5) is 0. The number of ether oxygens (including phenoxy) is 6. The smallest absolute Gasteiger partial charge is 0.0701 e. The van der Waals surface area contributed by atoms with Crippen LogP contribution < -0.4 is 0 Å². The van der Waals surface area contributed by atoms with E-state index >= 15 is 0 Å². The summed E-state index contributed by atoms with van der Waals surface area (Å²) in [5.74, 6) is 0.738. The lowest BCUT2D eigenvalue weighted by atomic mass is 10.0. The third-order valence-electron chi connectivity index (χ3n) is 6.24. The van der Waals surface area contributed by atoms with Crippen molar-refractivity contribution in [1.82, 2.24) is 0 Å². The molecule has 7 heteroatoms. The molecule has 0 aliphatic carbocycles. The predicted octanol–water partition coefficient (Wildman–Crippen LogP) is 7.28. The van der Waals surface area contributed by atoms with Gasteiger partial charge in [0.1, 0.15) is 0 Å². The maximum Gasteiger partial charge on any atom is 0.0701 e. The zero-order valence-corrected chi connectivity index (χ0v) is 25.3. The van der Waals surface area contributed by atoms with Crippen LogP contribution in [-0.2, 0) is 28.4 Å². The molecule has 0 fully saturated rings. The minimum Gasteiger partial charge on any atom is -0.379 e. The number of thiol groups is 1. The zero-order valence-electron chi connectivity index (χ0n) is 24.4. The van der Waals surface area contributed by atoms with E-state index < -0.39 is 0 Å². The first-order valence-electron chi connectivity index (χ1n) is 15.5. The average Bonchev–Trinajstić information content (AvgIpc) is 2.91. The summed E-state index contributed by atoms with van der Waals surface area (Å²) >= 11 is 4.08. The first-order chi connectivity index (χ1) is 18.4. The Bertz CT molecular complexity index is 355. The quantitative estimate of drug-likeness (QED) is 0.0671. The number of hydrogen-bond donors (Lipinski definition) is 1. The van der Waals surface area contributed by atoms with Gasteiger partial charge in [-0.05, 0) is 6.42 Å². The van der Waals surface area contributed by atoms with Crippen molar-refractivity contribution in [3.63, 3.8) is 0 Å². The minimum absolute atomic E-state index is 0.571. The van der Waals surface area contributed by atoms with Crippen LogP contribution in [-0.4, -0.2) is 85.0 Å². The maximum atomic E-state index is 5.66. The zero-order chi connectivity index (χ0) is 26.7. The Hall–Kier alpha value is 0.110. The van der Waals surface area contributed by atoms with Crippen molar-refractivity contribution in [2.24, 2.45) is 0 Å². The van der Waals surface area contributed by atoms with E-state index in [0.29, 0.717) is 72.7 Å². The van der Waals surface area contributed by atoms with Crippen LogP contribution in [0.5, 0.6) is 0 Å². The molecule has 0 radical (unpaired) electrons. The van der Waals surface area contributed by atoms with Gasteiger partial charge in [-0.15, -0.1) is 0 Å². The van der Waals surface area contributed by atoms with Crippen molar-refractivity contribution < 1.29 is 28.4 Å². The first kappa shape index (κ1) is 37.1. The fourth-order valence-electron chi connectivity index (χ4n) is 4.02. The van der Waals surface area contributed by atoms with Gasteiger partial charge in [0.15, 0.2) is 0 Å². The molecule has 0 aromatic carbocycles. The fraction of sp³-hybridized carbons (Fsp3) is 1.00. The lowest BCUT2D eigenvalue weighted by molar-refractivity contribution is -0.0162. The summed E-state index contributed by atoms with van der Waals surface area (Å²) in [6.45, 7) is 9.77. The largest absolute Gasteiger partial charge is 0.379 e. The van der Waals surface area contributed by atoms with Crippen molar-refractivity contribution in [2.75, 3.05) is 85.0 Å². The summed E-state index contributed by atoms with van der Waals surface area (Å²) in [6.07, 6.45) is 22.3. The van der Waals surface area contributed by atoms with E-state index in [2.05, 4.69) is 19.6 Å². The average molecular weight is 551 g/mol. The predicted molar refractivity (Wildman–Crippen MR) is 158 cm³/mol. The molecule has 224 valence electrons. The molecular formula is C30H62O6S. The molecule has 0 atom stereocenters. The van der Waals surface area contributed by atoms with E-state index in [4.69, 9.17) is 28.4 Å². The van der Waals surface area contributed by atoms with E-state index in [1.54, 1.807) is 0 Å². The Balaban J connectivity index is 3.00. The van der Waals surface area contributed by atoms with Crippen LogP contribution in [0.15, 0.2) is 0 Å². The monoisotopic (exact) mass is 550 g/mol. The summed E-state index contributed by atoms with van der Waals surface area (Å²) in [5, 5.41) is 0. The lowest BCUT2D eigenvalue weighted by Crippen LogP contribution is -2.14. The minimum atomic E-state index is 0.571. The van der Waals surface area contributed by atoms with Crippen molar-refractivity contribution in [2.45, 2.75) is 110 Å². The highest BCUT2D eigenvalue weighted by atomic mass is 32.1. The number of unbranched alkanes of at least 4 members (excludes halogenated alkanes) is 15. The molecule has 0 aromatic rings. The van der Waals surface area contributed by atoms with Gasteiger partial charge in [-0.2, -0.15) is 12.6 Å². The second-order valence-corrected chi connectivity index (χ2v) is 10.1. The summed E-state index contributed by atoms with van der Waals surface area (Å²) < 4.78 is 32.8. The molecule has 0 rings (SSSR count). The third kappa shape index (κ3) is 36.1. The van der Waals surface area contributed by atoms with Gasteiger partial charge >= 0.3 is 0 Å². The van der Waals surface area contributed by atoms with Crippen molar-refractivity contribution in [3.8, 4) is 0 Å². The van der Waals surface area contributed by atoms with E-state index in [0.717, 1.165) is 18.8 Å². The molecule has 0 aliphatic heterocycles. The van der Waals surface area contributed by atoms with Crippen LogP contribution in [0.25, 0.3) is 0 Å². The van der Waals surface area contributed by atoms with E-state index in [1.165, 1.54) is 96.3 Å². The topological polar surface area (TPSA) is 55.4 Å². The summed E-state index contributed by atoms with van der Waals surface area (Å²) in [5.41, 5.74) is 0. The SMILES string of the molecule is CCCCCCCCCCCCCCCCCCOCCOCCOCCOCCOCCOCCS. The molecule has 0 aliphatic rings. The van der Waals surface area contributed by atoms with Crippen LogP contribution in [0.3, 0.4) is 0 Å². The molecule has 0 bridgehead atoms. The van der Waals surface area contributed by atoms with Gasteiger partial charge in [0.2, 0.25) is 0 Å². The molecule has 0 spiro atoms. The summed E-state index contributed by atoms with van der Waals surface area (Å²) in [6, 6.07) is 0. The summed E-state index contributed by atoms with van der Waals surface area (Å²) in [7, 11) is 0. The van der Waals surface area contributed by atoms with Gasteiger partial charge in [-0.3, -0.25) is 0 Å². The highest BCUT2D eigenvalue weighted by molar-refractivity contribution is 7.80. The van der Waals surface area contributed by atoms with Gasteiger partial charge < -0.3 is 28.4 Å². The molecule has 0 N–H and O–H groups in total. The van der Waals surface area contributed by atoms with E-state index in [9.17, 15) is 0 Å². The standard InChI is InChI=1S/C30H62O6S/c1-2-3-4-5-6-7-8-9-10-11-12-13-14-15-16-17-18-31-19-20-32-21-22-33-23-24-34-25-26-35-27-28-36-29-30-37/h37H,2-30H2,1H3. The highest BCUT2D eigenvalue weighted by Crippen LogP contribution is 2.13. The molecule has 0 saturated carbocycles. The molecule has 37 heavy (non-hydrogen) atoms. The van der Waals surface area contributed by atoms with Gasteiger partial charge in [0.05, 0.1) is 72.7 Å². The Labute approximate surface area is 235 Å². The Morgan fingerprint density at radius 3 is 0.838 bits per heavy atom. The normalized spacial score (nSPS) is 11.5. The van der Waals surface area contributed by atoms with E-state index in [-0.39, 0.29) is 0 Å². The molecule has 0 amide bonds. The van der Waals surface area contributed by atoms with Crippen LogP contribution in [0.1, 0.15) is 110 Å². The molecule has 0 unspecified atom stereocenters. The maximum absolute atomic E-state index is 5.66. The van der Waals surface area contributed by atoms with Crippen molar-refractivity contribution in [1.29, 1.82) is 0 Å². The third-order valence-corrected chi connectivity index (χ3v) is 6.42. The fourth-order valence-corrected chi connectivity index (χ4v) is 4.15. The van der Waals surface area contributed by atoms with Gasteiger partial charge in [-0.25, -0.2) is 0 Å². The molecule has 6 nitrogen and oxygen atoms in total. The van der Waals surface area contributed by atoms with Gasteiger partial charge in [-0.1, -0.05) is 103 Å². The van der Waals surface area contributed by atoms with Crippen LogP contribution in [0, 0.1) is 0 Å². The van der Waals surface area contributed by atoms with E-state index in [1.807, 2.05) is 0 Å². The van der Waals surface area contributed by atoms with Crippen LogP contribution >= 0.6 is 12.6 Å². The van der Waals surface area contributed by atoms with Crippen LogP contribution in [0.4, 0.5) is 0 Å². The van der Waals surface area contributed by atoms with Crippen molar-refractivity contribution >= 4 is 12.6 Å². The van der Waals surface area contributed by atoms with Crippen LogP contribution in [0.2, 0.25) is 0 Å². The lowest BCUT2D eigenvalue weighted by Gasteiger charge is -2.08. The Morgan fingerprint density at radius 1 is 0.297 bits per heavy atom. The second-order valence-electron chi connectivity index (χ2n) is 9.70. The van der Waals surface area contributed by atoms with Gasteiger partial charge in [0, 0.05) is 12.4 Å². The van der Waals surface area contributed by atoms with Crippen molar-refractivity contribution in [3.05, 3.63) is 0 Å². The number of hydrogen-bond acceptors (Lipinski definition) is 7. The highest BCUT2D eigenvalue weighted by Gasteiger charge is 1.96. The molecule has 0 heterocycles. The first-order valence-corrected chi connectivity index (χ1v) is 16.1.